The second-order valence-corrected chi connectivity index (χ2v) is 4.33. The number of rotatable bonds is 4. The van der Waals surface area contributed by atoms with Crippen LogP contribution in [0.2, 0.25) is 0 Å². The Hall–Kier alpha value is -1.46. The minimum absolute atomic E-state index is 0.126. The first kappa shape index (κ1) is 12.0. The van der Waals surface area contributed by atoms with Crippen LogP contribution < -0.4 is 11.1 Å². The summed E-state index contributed by atoms with van der Waals surface area (Å²) in [5.41, 5.74) is 6.19. The van der Waals surface area contributed by atoms with Crippen molar-refractivity contribution in [3.8, 4) is 0 Å². The minimum Gasteiger partial charge on any atom is -0.379 e. The molecule has 1 saturated heterocycles. The minimum atomic E-state index is -0.838. The third-order valence-corrected chi connectivity index (χ3v) is 2.93. The van der Waals surface area contributed by atoms with Gasteiger partial charge in [-0.2, -0.15) is 0 Å². The van der Waals surface area contributed by atoms with E-state index < -0.39 is 5.54 Å². The molecule has 0 radical (unpaired) electrons. The third-order valence-electron chi connectivity index (χ3n) is 2.93. The molecule has 5 heteroatoms. The van der Waals surface area contributed by atoms with Crippen molar-refractivity contribution in [3.63, 3.8) is 0 Å². The lowest BCUT2D eigenvalue weighted by molar-refractivity contribution is -0.126. The summed E-state index contributed by atoms with van der Waals surface area (Å²) in [6.45, 7) is 1.45. The largest absolute Gasteiger partial charge is 0.379 e. The molecule has 1 atom stereocenters. The van der Waals surface area contributed by atoms with Crippen LogP contribution in [0.15, 0.2) is 24.5 Å². The van der Waals surface area contributed by atoms with Gasteiger partial charge in [-0.1, -0.05) is 6.07 Å². The van der Waals surface area contributed by atoms with Crippen molar-refractivity contribution in [2.75, 3.05) is 19.8 Å². The van der Waals surface area contributed by atoms with Crippen molar-refractivity contribution in [2.24, 2.45) is 5.73 Å². The van der Waals surface area contributed by atoms with E-state index in [1.165, 1.54) is 0 Å². The Labute approximate surface area is 100 Å². The summed E-state index contributed by atoms with van der Waals surface area (Å²) in [4.78, 5) is 15.8. The zero-order chi connectivity index (χ0) is 12.1. The van der Waals surface area contributed by atoms with Gasteiger partial charge in [-0.15, -0.1) is 0 Å². The average molecular weight is 235 g/mol. The third kappa shape index (κ3) is 3.01. The Morgan fingerprint density at radius 3 is 3.18 bits per heavy atom. The molecule has 0 saturated carbocycles. The molecule has 1 aromatic heterocycles. The Morgan fingerprint density at radius 1 is 1.65 bits per heavy atom. The predicted octanol–water partition coefficient (Wildman–Crippen LogP) is -0.142. The molecule has 1 aromatic rings. The van der Waals surface area contributed by atoms with Crippen LogP contribution >= 0.6 is 0 Å². The van der Waals surface area contributed by atoms with Gasteiger partial charge in [0.15, 0.2) is 0 Å². The molecule has 5 nitrogen and oxygen atoms in total. The molecule has 2 rings (SSSR count). The van der Waals surface area contributed by atoms with Gasteiger partial charge in [0.05, 0.1) is 6.61 Å². The number of hydrogen-bond donors (Lipinski definition) is 2. The van der Waals surface area contributed by atoms with Gasteiger partial charge in [-0.25, -0.2) is 0 Å². The number of pyridine rings is 1. The fourth-order valence-corrected chi connectivity index (χ4v) is 1.80. The van der Waals surface area contributed by atoms with Crippen LogP contribution in [0.4, 0.5) is 0 Å². The van der Waals surface area contributed by atoms with Crippen LogP contribution in [0.5, 0.6) is 0 Å². The maximum absolute atomic E-state index is 11.8. The quantitative estimate of drug-likeness (QED) is 0.761. The smallest absolute Gasteiger partial charge is 0.242 e. The molecule has 17 heavy (non-hydrogen) atoms. The van der Waals surface area contributed by atoms with Gasteiger partial charge < -0.3 is 15.8 Å². The standard InChI is InChI=1S/C12H17N3O2/c13-12(4-7-17-9-12)11(16)15-6-3-10-2-1-5-14-8-10/h1-2,5,8H,3-4,6-7,9,13H2,(H,15,16). The van der Waals surface area contributed by atoms with Crippen LogP contribution in [0.3, 0.4) is 0 Å². The molecule has 1 unspecified atom stereocenters. The summed E-state index contributed by atoms with van der Waals surface area (Å²) in [5, 5.41) is 2.84. The molecular weight excluding hydrogens is 218 g/mol. The van der Waals surface area contributed by atoms with E-state index in [9.17, 15) is 4.79 Å². The number of nitrogens with zero attached hydrogens (tertiary/aromatic N) is 1. The second-order valence-electron chi connectivity index (χ2n) is 4.33. The number of carbonyl (C=O) groups is 1. The molecule has 2 heterocycles. The van der Waals surface area contributed by atoms with Crippen LogP contribution in [-0.4, -0.2) is 36.2 Å². The monoisotopic (exact) mass is 235 g/mol. The zero-order valence-electron chi connectivity index (χ0n) is 9.69. The number of nitrogens with one attached hydrogen (secondary N) is 1. The molecule has 1 aliphatic rings. The SMILES string of the molecule is NC1(C(=O)NCCc2cccnc2)CCOC1. The van der Waals surface area contributed by atoms with Crippen molar-refractivity contribution >= 4 is 5.91 Å². The molecule has 0 aliphatic carbocycles. The molecule has 1 fully saturated rings. The van der Waals surface area contributed by atoms with Gasteiger partial charge in [0, 0.05) is 25.5 Å². The summed E-state index contributed by atoms with van der Waals surface area (Å²) in [6.07, 6.45) is 4.87. The van der Waals surface area contributed by atoms with Crippen LogP contribution in [0.1, 0.15) is 12.0 Å². The van der Waals surface area contributed by atoms with Crippen molar-refractivity contribution in [2.45, 2.75) is 18.4 Å². The summed E-state index contributed by atoms with van der Waals surface area (Å²) in [6, 6.07) is 3.86. The highest BCUT2D eigenvalue weighted by molar-refractivity contribution is 5.86. The highest BCUT2D eigenvalue weighted by Gasteiger charge is 2.37. The molecule has 0 bridgehead atoms. The fourth-order valence-electron chi connectivity index (χ4n) is 1.80. The van der Waals surface area contributed by atoms with E-state index in [-0.39, 0.29) is 5.91 Å². The van der Waals surface area contributed by atoms with Crippen molar-refractivity contribution in [1.29, 1.82) is 0 Å². The maximum atomic E-state index is 11.8. The number of amides is 1. The predicted molar refractivity (Wildman–Crippen MR) is 63.3 cm³/mol. The number of hydrogen-bond acceptors (Lipinski definition) is 4. The zero-order valence-corrected chi connectivity index (χ0v) is 9.69. The molecule has 0 aromatic carbocycles. The van der Waals surface area contributed by atoms with Gasteiger partial charge in [0.1, 0.15) is 5.54 Å². The van der Waals surface area contributed by atoms with Gasteiger partial charge in [0.2, 0.25) is 5.91 Å². The number of aromatic nitrogens is 1. The summed E-state index contributed by atoms with van der Waals surface area (Å²) in [5.74, 6) is -0.126. The Morgan fingerprint density at radius 2 is 2.53 bits per heavy atom. The lowest BCUT2D eigenvalue weighted by Gasteiger charge is -2.20. The van der Waals surface area contributed by atoms with Crippen molar-refractivity contribution in [3.05, 3.63) is 30.1 Å². The second kappa shape index (κ2) is 5.25. The highest BCUT2D eigenvalue weighted by atomic mass is 16.5. The topological polar surface area (TPSA) is 77.2 Å². The van der Waals surface area contributed by atoms with E-state index in [0.717, 1.165) is 12.0 Å². The molecule has 92 valence electrons. The van der Waals surface area contributed by atoms with Gasteiger partial charge in [0.25, 0.3) is 0 Å². The van der Waals surface area contributed by atoms with Crippen molar-refractivity contribution in [1.82, 2.24) is 10.3 Å². The Balaban J connectivity index is 1.77. The number of nitrogens with two attached hydrogens (primary N) is 1. The van der Waals surface area contributed by atoms with E-state index >= 15 is 0 Å². The van der Waals surface area contributed by atoms with Gasteiger partial charge >= 0.3 is 0 Å². The highest BCUT2D eigenvalue weighted by Crippen LogP contribution is 2.15. The van der Waals surface area contributed by atoms with Crippen LogP contribution in [0.25, 0.3) is 0 Å². The Kier molecular flexibility index (Phi) is 3.71. The number of ether oxygens (including phenoxy) is 1. The Bertz CT molecular complexity index is 375. The lowest BCUT2D eigenvalue weighted by Crippen LogP contribution is -2.54. The van der Waals surface area contributed by atoms with E-state index in [0.29, 0.717) is 26.2 Å². The maximum Gasteiger partial charge on any atom is 0.242 e. The van der Waals surface area contributed by atoms with Gasteiger partial charge in [-0.05, 0) is 24.5 Å². The molecule has 3 N–H and O–H groups in total. The van der Waals surface area contributed by atoms with E-state index in [1.807, 2.05) is 12.1 Å². The first-order chi connectivity index (χ1) is 8.21. The normalized spacial score (nSPS) is 23.6. The summed E-state index contributed by atoms with van der Waals surface area (Å²) >= 11 is 0. The number of carbonyl (C=O) groups excluding carboxylic acids is 1. The first-order valence-electron chi connectivity index (χ1n) is 5.74. The lowest BCUT2D eigenvalue weighted by atomic mass is 9.99. The van der Waals surface area contributed by atoms with Crippen LogP contribution in [0, 0.1) is 0 Å². The molecule has 1 amide bonds. The summed E-state index contributed by atoms with van der Waals surface area (Å²) < 4.78 is 5.15. The van der Waals surface area contributed by atoms with Crippen LogP contribution in [-0.2, 0) is 16.0 Å². The first-order valence-corrected chi connectivity index (χ1v) is 5.74. The average Bonchev–Trinajstić information content (AvgIpc) is 2.79. The fraction of sp³-hybridized carbons (Fsp3) is 0.500. The summed E-state index contributed by atoms with van der Waals surface area (Å²) in [7, 11) is 0. The molecule has 1 aliphatic heterocycles. The van der Waals surface area contributed by atoms with E-state index in [4.69, 9.17) is 10.5 Å². The molecular formula is C12H17N3O2. The van der Waals surface area contributed by atoms with E-state index in [1.54, 1.807) is 12.4 Å². The van der Waals surface area contributed by atoms with Gasteiger partial charge in [-0.3, -0.25) is 9.78 Å². The molecule has 0 spiro atoms. The van der Waals surface area contributed by atoms with Crippen molar-refractivity contribution < 1.29 is 9.53 Å². The van der Waals surface area contributed by atoms with E-state index in [2.05, 4.69) is 10.3 Å².